The van der Waals surface area contributed by atoms with Crippen LogP contribution in [-0.2, 0) is 4.79 Å². The first-order valence-electron chi connectivity index (χ1n) is 14.5. The van der Waals surface area contributed by atoms with Crippen LogP contribution in [0.25, 0.3) is 6.08 Å². The summed E-state index contributed by atoms with van der Waals surface area (Å²) in [6.45, 7) is 6.41. The van der Waals surface area contributed by atoms with Gasteiger partial charge in [0, 0.05) is 37.8 Å². The normalized spacial score (nSPS) is 17.0. The van der Waals surface area contributed by atoms with E-state index in [1.54, 1.807) is 29.2 Å². The molecule has 224 valence electrons. The minimum absolute atomic E-state index is 0.161. The van der Waals surface area contributed by atoms with Crippen LogP contribution in [0.15, 0.2) is 77.7 Å². The van der Waals surface area contributed by atoms with Gasteiger partial charge in [-0.15, -0.1) is 0 Å². The number of benzene rings is 3. The Morgan fingerprint density at radius 1 is 0.930 bits per heavy atom. The lowest BCUT2D eigenvalue weighted by molar-refractivity contribution is -0.113. The zero-order valence-electron chi connectivity index (χ0n) is 24.2. The first-order chi connectivity index (χ1) is 20.9. The van der Waals surface area contributed by atoms with Crippen molar-refractivity contribution in [1.82, 2.24) is 9.80 Å². The molecule has 5 rings (SSSR count). The molecular formula is C33H36N4O4S2. The molecule has 0 spiro atoms. The maximum absolute atomic E-state index is 13.3. The molecule has 0 unspecified atom stereocenters. The van der Waals surface area contributed by atoms with E-state index in [1.807, 2.05) is 54.6 Å². The molecule has 2 aliphatic rings. The molecule has 3 aromatic carbocycles. The molecule has 10 heteroatoms. The van der Waals surface area contributed by atoms with Crippen LogP contribution in [0.4, 0.5) is 5.69 Å². The Morgan fingerprint density at radius 2 is 1.63 bits per heavy atom. The number of ether oxygens (including phenoxy) is 2. The molecule has 8 nitrogen and oxygen atoms in total. The van der Waals surface area contributed by atoms with Crippen LogP contribution in [0.2, 0.25) is 0 Å². The van der Waals surface area contributed by atoms with Crippen LogP contribution in [0.3, 0.4) is 0 Å². The van der Waals surface area contributed by atoms with Gasteiger partial charge in [-0.1, -0.05) is 42.2 Å². The topological polar surface area (TPSA) is 88.3 Å². The number of anilines is 1. The quantitative estimate of drug-likeness (QED) is 0.156. The van der Waals surface area contributed by atoms with E-state index in [0.717, 1.165) is 56.9 Å². The molecule has 3 aromatic rings. The monoisotopic (exact) mass is 616 g/mol. The van der Waals surface area contributed by atoms with E-state index in [0.29, 0.717) is 38.6 Å². The molecule has 43 heavy (non-hydrogen) atoms. The highest BCUT2D eigenvalue weighted by Gasteiger charge is 2.33. The molecule has 0 radical (unpaired) electrons. The molecule has 2 fully saturated rings. The summed E-state index contributed by atoms with van der Waals surface area (Å²) in [6.07, 6.45) is 5.13. The van der Waals surface area contributed by atoms with Gasteiger partial charge < -0.3 is 25.0 Å². The van der Waals surface area contributed by atoms with Crippen molar-refractivity contribution < 1.29 is 19.1 Å². The van der Waals surface area contributed by atoms with Crippen molar-refractivity contribution in [3.05, 3.63) is 88.8 Å². The number of thioether (sulfide) groups is 1. The van der Waals surface area contributed by atoms with E-state index in [2.05, 4.69) is 16.8 Å². The molecule has 2 amide bonds. The number of hydrogen-bond donors (Lipinski definition) is 1. The predicted molar refractivity (Wildman–Crippen MR) is 177 cm³/mol. The highest BCUT2D eigenvalue weighted by molar-refractivity contribution is 8.27. The van der Waals surface area contributed by atoms with E-state index in [-0.39, 0.29) is 5.91 Å². The van der Waals surface area contributed by atoms with Gasteiger partial charge in [0.2, 0.25) is 5.91 Å². The molecular weight excluding hydrogens is 581 g/mol. The third kappa shape index (κ3) is 8.45. The number of nitrogens with two attached hydrogens (primary N) is 1. The summed E-state index contributed by atoms with van der Waals surface area (Å²) in [5, 5.41) is 0. The first-order valence-corrected chi connectivity index (χ1v) is 15.7. The molecule has 0 aliphatic carbocycles. The fourth-order valence-electron chi connectivity index (χ4n) is 4.89. The van der Waals surface area contributed by atoms with E-state index >= 15 is 0 Å². The summed E-state index contributed by atoms with van der Waals surface area (Å²) in [5.41, 5.74) is 7.25. The summed E-state index contributed by atoms with van der Waals surface area (Å²) in [7, 11) is 2.18. The fourth-order valence-corrected chi connectivity index (χ4v) is 6.18. The zero-order valence-corrected chi connectivity index (χ0v) is 25.9. The van der Waals surface area contributed by atoms with Gasteiger partial charge in [-0.25, -0.2) is 0 Å². The van der Waals surface area contributed by atoms with Gasteiger partial charge in [0.25, 0.3) is 5.91 Å². The van der Waals surface area contributed by atoms with Crippen LogP contribution in [0, 0.1) is 0 Å². The number of thiocarbonyl (C=S) groups is 1. The van der Waals surface area contributed by atoms with Crippen molar-refractivity contribution in [1.29, 1.82) is 0 Å². The summed E-state index contributed by atoms with van der Waals surface area (Å²) < 4.78 is 12.4. The Balaban J connectivity index is 1.12. The van der Waals surface area contributed by atoms with Crippen molar-refractivity contribution in [2.45, 2.75) is 19.3 Å². The number of carbonyl (C=O) groups excluding carboxylic acids is 2. The van der Waals surface area contributed by atoms with Crippen molar-refractivity contribution in [3.8, 4) is 17.2 Å². The minimum atomic E-state index is -0.486. The highest BCUT2D eigenvalue weighted by Crippen LogP contribution is 2.37. The molecule has 0 atom stereocenters. The Bertz CT molecular complexity index is 1470. The van der Waals surface area contributed by atoms with Gasteiger partial charge in [0.05, 0.1) is 17.2 Å². The van der Waals surface area contributed by atoms with Crippen LogP contribution < -0.4 is 20.1 Å². The second-order valence-electron chi connectivity index (χ2n) is 10.6. The lowest BCUT2D eigenvalue weighted by Gasteiger charge is -2.32. The average molecular weight is 617 g/mol. The third-order valence-corrected chi connectivity index (χ3v) is 8.71. The SMILES string of the molecule is CN1CCN(CCCCCOc2cccc(N3C(=O)/C(=C/c4ccc(Oc5ccc(C(N)=O)cc5)cc4)SC3=S)c2)CC1. The molecule has 0 bridgehead atoms. The van der Waals surface area contributed by atoms with Gasteiger partial charge in [0.15, 0.2) is 4.32 Å². The van der Waals surface area contributed by atoms with E-state index in [4.69, 9.17) is 27.4 Å². The van der Waals surface area contributed by atoms with Crippen molar-refractivity contribution >= 4 is 51.9 Å². The molecule has 2 N–H and O–H groups in total. The first kappa shape index (κ1) is 30.7. The lowest BCUT2D eigenvalue weighted by atomic mass is 10.2. The number of amides is 2. The summed E-state index contributed by atoms with van der Waals surface area (Å²) in [6, 6.07) is 21.6. The molecule has 0 aromatic heterocycles. The number of nitrogens with zero attached hydrogens (tertiary/aromatic N) is 3. The smallest absolute Gasteiger partial charge is 0.270 e. The molecule has 2 saturated heterocycles. The largest absolute Gasteiger partial charge is 0.494 e. The summed E-state index contributed by atoms with van der Waals surface area (Å²) in [5.74, 6) is 1.30. The molecule has 0 saturated carbocycles. The number of rotatable bonds is 12. The van der Waals surface area contributed by atoms with E-state index in [9.17, 15) is 9.59 Å². The average Bonchev–Trinajstić information content (AvgIpc) is 3.29. The fraction of sp³-hybridized carbons (Fsp3) is 0.303. The number of likely N-dealkylation sites (N-methyl/N-ethyl adjacent to an activating group) is 1. The second-order valence-corrected chi connectivity index (χ2v) is 12.3. The summed E-state index contributed by atoms with van der Waals surface area (Å²) in [4.78, 5) is 31.6. The molecule has 2 heterocycles. The van der Waals surface area contributed by atoms with Crippen LogP contribution >= 0.6 is 24.0 Å². The maximum atomic E-state index is 13.3. The Morgan fingerprint density at radius 3 is 2.33 bits per heavy atom. The van der Waals surface area contributed by atoms with Crippen LogP contribution in [-0.4, -0.2) is 72.3 Å². The van der Waals surface area contributed by atoms with Crippen LogP contribution in [0.1, 0.15) is 35.2 Å². The number of carbonyl (C=O) groups is 2. The number of piperazine rings is 1. The molecule has 2 aliphatic heterocycles. The Labute approximate surface area is 262 Å². The standard InChI is InChI=1S/C33H36N4O4S2/c1-35-17-19-36(20-18-35)16-3-2-4-21-40-29-7-5-6-26(23-29)37-32(39)30(43-33(37)42)22-24-8-12-27(13-9-24)41-28-14-10-25(11-15-28)31(34)38/h5-15,22-23H,2-4,16-21H2,1H3,(H2,34,38)/b30-22-. The van der Waals surface area contributed by atoms with Gasteiger partial charge in [0.1, 0.15) is 17.2 Å². The predicted octanol–water partition coefficient (Wildman–Crippen LogP) is 5.78. The van der Waals surface area contributed by atoms with Gasteiger partial charge in [-0.2, -0.15) is 0 Å². The third-order valence-electron chi connectivity index (χ3n) is 7.41. The number of hydrogen-bond acceptors (Lipinski definition) is 8. The van der Waals surface area contributed by atoms with Crippen molar-refractivity contribution in [2.24, 2.45) is 5.73 Å². The Hall–Kier alpha value is -3.70. The van der Waals surface area contributed by atoms with Gasteiger partial charge in [-0.05, 0) is 93.0 Å². The Kier molecular flexibility index (Phi) is 10.5. The minimum Gasteiger partial charge on any atom is -0.494 e. The maximum Gasteiger partial charge on any atom is 0.270 e. The second kappa shape index (κ2) is 14.7. The van der Waals surface area contributed by atoms with Gasteiger partial charge in [-0.3, -0.25) is 14.5 Å². The number of unbranched alkanes of at least 4 members (excludes halogenated alkanes) is 2. The number of primary amides is 1. The van der Waals surface area contributed by atoms with Crippen molar-refractivity contribution in [3.63, 3.8) is 0 Å². The highest BCUT2D eigenvalue weighted by atomic mass is 32.2. The zero-order chi connectivity index (χ0) is 30.2. The van der Waals surface area contributed by atoms with E-state index in [1.165, 1.54) is 18.2 Å². The lowest BCUT2D eigenvalue weighted by Crippen LogP contribution is -2.44. The van der Waals surface area contributed by atoms with Crippen molar-refractivity contribution in [2.75, 3.05) is 51.3 Å². The summed E-state index contributed by atoms with van der Waals surface area (Å²) >= 11 is 6.86. The van der Waals surface area contributed by atoms with Crippen LogP contribution in [0.5, 0.6) is 17.2 Å². The van der Waals surface area contributed by atoms with E-state index < -0.39 is 5.91 Å². The van der Waals surface area contributed by atoms with Gasteiger partial charge >= 0.3 is 0 Å².